The molecule has 3 aromatic rings. The number of nitrogens with one attached hydrogen (secondary N) is 2. The standard InChI is InChI=1S/C29H35ClN6O2/c1-17(23-7-4-11-31-23)38-29-33-24-16-35(25-13-26(37)27(30)21-6-3-2-5-20(21)25)12-10-22(24)28(34-29)36-14-18-8-9-19(15-36)32-18/h2-3,5-6,13,17-19,23,31-32,37H,4,7-12,14-16H2,1H3/t17?,18-,19+,23?. The van der Waals surface area contributed by atoms with Gasteiger partial charge >= 0.3 is 6.01 Å². The molecule has 2 bridgehead atoms. The van der Waals surface area contributed by atoms with Crippen LogP contribution in [0.3, 0.4) is 0 Å². The summed E-state index contributed by atoms with van der Waals surface area (Å²) in [6.07, 6.45) is 5.57. The van der Waals surface area contributed by atoms with Gasteiger partial charge in [-0.2, -0.15) is 9.97 Å². The van der Waals surface area contributed by atoms with E-state index in [2.05, 4.69) is 33.4 Å². The highest BCUT2D eigenvalue weighted by Gasteiger charge is 2.36. The topological polar surface area (TPSA) is 85.8 Å². The lowest BCUT2D eigenvalue weighted by molar-refractivity contribution is 0.164. The van der Waals surface area contributed by atoms with Gasteiger partial charge in [0.2, 0.25) is 0 Å². The zero-order valence-electron chi connectivity index (χ0n) is 21.8. The second kappa shape index (κ2) is 9.74. The summed E-state index contributed by atoms with van der Waals surface area (Å²) in [5, 5.41) is 20.2. The van der Waals surface area contributed by atoms with Gasteiger partial charge in [-0.3, -0.25) is 0 Å². The van der Waals surface area contributed by atoms with Crippen molar-refractivity contribution in [3.63, 3.8) is 0 Å². The van der Waals surface area contributed by atoms with Crippen LogP contribution >= 0.6 is 11.6 Å². The van der Waals surface area contributed by atoms with Crippen LogP contribution in [0, 0.1) is 0 Å². The van der Waals surface area contributed by atoms with E-state index >= 15 is 0 Å². The molecule has 38 heavy (non-hydrogen) atoms. The molecule has 9 heteroatoms. The second-order valence-electron chi connectivity index (χ2n) is 11.3. The molecular formula is C29H35ClN6O2. The van der Waals surface area contributed by atoms with Crippen LogP contribution in [0.5, 0.6) is 11.8 Å². The molecule has 4 aliphatic heterocycles. The van der Waals surface area contributed by atoms with Crippen molar-refractivity contribution >= 4 is 33.9 Å². The SMILES string of the molecule is CC(Oc1nc2c(c(N3C[C@H]4CC[C@@H](C3)N4)n1)CCN(c1cc(O)c(Cl)c3ccccc13)C2)C1CCCN1. The van der Waals surface area contributed by atoms with Crippen LogP contribution in [0.25, 0.3) is 10.8 Å². The smallest absolute Gasteiger partial charge is 0.318 e. The summed E-state index contributed by atoms with van der Waals surface area (Å²) in [5.74, 6) is 1.14. The molecule has 3 N–H and O–H groups in total. The van der Waals surface area contributed by atoms with Crippen LogP contribution in [-0.2, 0) is 13.0 Å². The van der Waals surface area contributed by atoms with Crippen molar-refractivity contribution < 1.29 is 9.84 Å². The molecule has 8 nitrogen and oxygen atoms in total. The van der Waals surface area contributed by atoms with Crippen LogP contribution in [0.15, 0.2) is 30.3 Å². The van der Waals surface area contributed by atoms with Gasteiger partial charge in [-0.25, -0.2) is 0 Å². The summed E-state index contributed by atoms with van der Waals surface area (Å²) < 4.78 is 6.41. The zero-order chi connectivity index (χ0) is 25.8. The van der Waals surface area contributed by atoms with Crippen molar-refractivity contribution in [1.29, 1.82) is 0 Å². The Morgan fingerprint density at radius 1 is 1.08 bits per heavy atom. The fourth-order valence-electron chi connectivity index (χ4n) is 6.81. The van der Waals surface area contributed by atoms with Crippen LogP contribution in [0.1, 0.15) is 43.9 Å². The quantitative estimate of drug-likeness (QED) is 0.453. The Morgan fingerprint density at radius 3 is 2.63 bits per heavy atom. The molecule has 3 fully saturated rings. The normalized spacial score (nSPS) is 25.6. The summed E-state index contributed by atoms with van der Waals surface area (Å²) in [7, 11) is 0. The van der Waals surface area contributed by atoms with Crippen molar-refractivity contribution in [2.45, 2.75) is 69.8 Å². The summed E-state index contributed by atoms with van der Waals surface area (Å²) >= 11 is 6.46. The van der Waals surface area contributed by atoms with Crippen LogP contribution < -0.4 is 25.2 Å². The van der Waals surface area contributed by atoms with E-state index in [9.17, 15) is 5.11 Å². The molecule has 3 saturated heterocycles. The Labute approximate surface area is 228 Å². The summed E-state index contributed by atoms with van der Waals surface area (Å²) in [6.45, 7) is 6.54. The largest absolute Gasteiger partial charge is 0.506 e. The van der Waals surface area contributed by atoms with E-state index in [1.807, 2.05) is 18.2 Å². The molecular weight excluding hydrogens is 500 g/mol. The lowest BCUT2D eigenvalue weighted by Gasteiger charge is -2.38. The van der Waals surface area contributed by atoms with Crippen molar-refractivity contribution in [2.24, 2.45) is 0 Å². The van der Waals surface area contributed by atoms with Gasteiger partial charge in [-0.05, 0) is 45.6 Å². The average Bonchev–Trinajstić information content (AvgIpc) is 3.59. The zero-order valence-corrected chi connectivity index (χ0v) is 22.5. The lowest BCUT2D eigenvalue weighted by Crippen LogP contribution is -2.52. The third-order valence-corrected chi connectivity index (χ3v) is 9.17. The number of fused-ring (bicyclic) bond motifs is 4. The first kappa shape index (κ1) is 24.2. The molecule has 4 atom stereocenters. The van der Waals surface area contributed by atoms with E-state index in [1.54, 1.807) is 6.07 Å². The Balaban J connectivity index is 1.26. The number of rotatable bonds is 5. The number of piperazine rings is 1. The van der Waals surface area contributed by atoms with Crippen molar-refractivity contribution in [2.75, 3.05) is 36.0 Å². The lowest BCUT2D eigenvalue weighted by atomic mass is 10.0. The number of anilines is 2. The Bertz CT molecular complexity index is 1350. The summed E-state index contributed by atoms with van der Waals surface area (Å²) in [6, 6.07) is 11.6. The van der Waals surface area contributed by atoms with Gasteiger partial charge in [-0.1, -0.05) is 35.9 Å². The number of halogens is 1. The van der Waals surface area contributed by atoms with E-state index in [-0.39, 0.29) is 11.9 Å². The minimum atomic E-state index is -0.000507. The van der Waals surface area contributed by atoms with Gasteiger partial charge in [0.25, 0.3) is 0 Å². The molecule has 2 aromatic carbocycles. The van der Waals surface area contributed by atoms with Gasteiger partial charge in [0.15, 0.2) is 0 Å². The van der Waals surface area contributed by atoms with Gasteiger partial charge in [0.05, 0.1) is 17.3 Å². The van der Waals surface area contributed by atoms with Crippen LogP contribution in [0.4, 0.5) is 11.5 Å². The molecule has 1 aromatic heterocycles. The van der Waals surface area contributed by atoms with E-state index in [4.69, 9.17) is 26.3 Å². The number of ether oxygens (including phenoxy) is 1. The van der Waals surface area contributed by atoms with Gasteiger partial charge < -0.3 is 30.3 Å². The summed E-state index contributed by atoms with van der Waals surface area (Å²) in [4.78, 5) is 14.8. The Hall–Kier alpha value is -2.81. The number of aromatic nitrogens is 2. The fraction of sp³-hybridized carbons (Fsp3) is 0.517. The Morgan fingerprint density at radius 2 is 1.87 bits per heavy atom. The molecule has 4 aliphatic rings. The van der Waals surface area contributed by atoms with Gasteiger partial charge in [-0.15, -0.1) is 0 Å². The third kappa shape index (κ3) is 4.32. The van der Waals surface area contributed by atoms with E-state index in [0.717, 1.165) is 67.0 Å². The Kier molecular flexibility index (Phi) is 6.21. The minimum Gasteiger partial charge on any atom is -0.506 e. The first-order valence-corrected chi connectivity index (χ1v) is 14.4. The molecule has 200 valence electrons. The van der Waals surface area contributed by atoms with Crippen molar-refractivity contribution in [3.8, 4) is 11.8 Å². The average molecular weight is 535 g/mol. The van der Waals surface area contributed by atoms with Gasteiger partial charge in [0, 0.05) is 65.8 Å². The van der Waals surface area contributed by atoms with Crippen molar-refractivity contribution in [1.82, 2.24) is 20.6 Å². The third-order valence-electron chi connectivity index (χ3n) is 8.77. The van der Waals surface area contributed by atoms with E-state index in [0.29, 0.717) is 35.7 Å². The molecule has 5 heterocycles. The highest BCUT2D eigenvalue weighted by molar-refractivity contribution is 6.37. The number of hydrogen-bond acceptors (Lipinski definition) is 8. The van der Waals surface area contributed by atoms with Crippen molar-refractivity contribution in [3.05, 3.63) is 46.6 Å². The van der Waals surface area contributed by atoms with E-state index < -0.39 is 0 Å². The predicted octanol–water partition coefficient (Wildman–Crippen LogP) is 4.01. The highest BCUT2D eigenvalue weighted by Crippen LogP contribution is 2.41. The maximum absolute atomic E-state index is 10.6. The number of phenols is 1. The number of aromatic hydroxyl groups is 1. The first-order valence-electron chi connectivity index (χ1n) is 14.0. The molecule has 2 unspecified atom stereocenters. The number of nitrogens with zero attached hydrogens (tertiary/aromatic N) is 4. The molecule has 0 saturated carbocycles. The maximum atomic E-state index is 10.6. The summed E-state index contributed by atoms with van der Waals surface area (Å²) in [5.41, 5.74) is 3.20. The van der Waals surface area contributed by atoms with E-state index in [1.165, 1.54) is 24.8 Å². The molecule has 0 amide bonds. The van der Waals surface area contributed by atoms with Gasteiger partial charge in [0.1, 0.15) is 17.7 Å². The number of phenolic OH excluding ortho intramolecular Hbond substituents is 1. The predicted molar refractivity (Wildman–Crippen MR) is 151 cm³/mol. The maximum Gasteiger partial charge on any atom is 0.318 e. The first-order chi connectivity index (χ1) is 18.5. The monoisotopic (exact) mass is 534 g/mol. The molecule has 0 radical (unpaired) electrons. The minimum absolute atomic E-state index is 0.000507. The molecule has 7 rings (SSSR count). The molecule has 0 spiro atoms. The second-order valence-corrected chi connectivity index (χ2v) is 11.6. The fourth-order valence-corrected chi connectivity index (χ4v) is 7.03. The van der Waals surface area contributed by atoms with Crippen LogP contribution in [-0.4, -0.2) is 65.5 Å². The number of hydrogen-bond donors (Lipinski definition) is 3. The highest BCUT2D eigenvalue weighted by atomic mass is 35.5. The number of benzene rings is 2. The van der Waals surface area contributed by atoms with Crippen LogP contribution in [0.2, 0.25) is 5.02 Å². The molecule has 0 aliphatic carbocycles.